The van der Waals surface area contributed by atoms with Crippen molar-refractivity contribution >= 4 is 5.97 Å². The molecule has 0 bridgehead atoms. The van der Waals surface area contributed by atoms with E-state index in [0.717, 1.165) is 5.56 Å². The minimum Gasteiger partial charge on any atom is -0.497 e. The molecule has 2 N–H and O–H groups in total. The molecular formula is C14H16F3NO3. The standard InChI is InChI=1S/C14H16F3NO3/c1-21-10-5-4-9-3-2-6-13(12(19)20,11(9)7-10)18-8-14(15,16)17/h4-5,7,18H,2-3,6,8H2,1H3,(H,19,20). The Bertz CT molecular complexity index is 545. The van der Waals surface area contributed by atoms with Crippen molar-refractivity contribution in [3.63, 3.8) is 0 Å². The van der Waals surface area contributed by atoms with Crippen LogP contribution < -0.4 is 10.1 Å². The van der Waals surface area contributed by atoms with Gasteiger partial charge in [0.2, 0.25) is 0 Å². The number of halogens is 3. The second-order valence-electron chi connectivity index (χ2n) is 5.06. The van der Waals surface area contributed by atoms with Gasteiger partial charge >= 0.3 is 12.1 Å². The summed E-state index contributed by atoms with van der Waals surface area (Å²) >= 11 is 0. The number of aryl methyl sites for hydroxylation is 1. The molecule has 1 unspecified atom stereocenters. The smallest absolute Gasteiger partial charge is 0.401 e. The highest BCUT2D eigenvalue weighted by Gasteiger charge is 2.45. The number of fused-ring (bicyclic) bond motifs is 1. The Morgan fingerprint density at radius 3 is 2.76 bits per heavy atom. The molecule has 0 radical (unpaired) electrons. The Morgan fingerprint density at radius 2 is 2.19 bits per heavy atom. The number of nitrogens with one attached hydrogen (secondary N) is 1. The molecule has 0 aliphatic heterocycles. The van der Waals surface area contributed by atoms with Gasteiger partial charge in [-0.25, -0.2) is 4.79 Å². The lowest BCUT2D eigenvalue weighted by Crippen LogP contribution is -2.53. The van der Waals surface area contributed by atoms with Crippen molar-refractivity contribution in [2.24, 2.45) is 0 Å². The molecule has 7 heteroatoms. The lowest BCUT2D eigenvalue weighted by Gasteiger charge is -2.36. The number of benzene rings is 1. The van der Waals surface area contributed by atoms with Gasteiger partial charge in [0.15, 0.2) is 0 Å². The molecular weight excluding hydrogens is 287 g/mol. The second kappa shape index (κ2) is 5.55. The number of methoxy groups -OCH3 is 1. The van der Waals surface area contributed by atoms with Gasteiger partial charge in [-0.3, -0.25) is 5.32 Å². The molecule has 1 aliphatic carbocycles. The average molecular weight is 303 g/mol. The Morgan fingerprint density at radius 1 is 1.48 bits per heavy atom. The van der Waals surface area contributed by atoms with E-state index in [9.17, 15) is 23.1 Å². The third kappa shape index (κ3) is 3.12. The van der Waals surface area contributed by atoms with Crippen molar-refractivity contribution in [3.05, 3.63) is 29.3 Å². The molecule has 0 spiro atoms. The first-order valence-electron chi connectivity index (χ1n) is 6.51. The summed E-state index contributed by atoms with van der Waals surface area (Å²) < 4.78 is 42.5. The number of hydrogen-bond donors (Lipinski definition) is 2. The number of rotatable bonds is 4. The molecule has 0 saturated heterocycles. The summed E-state index contributed by atoms with van der Waals surface area (Å²) in [5.41, 5.74) is -0.638. The van der Waals surface area contributed by atoms with Gasteiger partial charge in [0.25, 0.3) is 0 Å². The molecule has 0 saturated carbocycles. The summed E-state index contributed by atoms with van der Waals surface area (Å²) in [7, 11) is 1.43. The highest BCUT2D eigenvalue weighted by Crippen LogP contribution is 2.38. The van der Waals surface area contributed by atoms with E-state index in [2.05, 4.69) is 5.32 Å². The van der Waals surface area contributed by atoms with Crippen LogP contribution in [0.2, 0.25) is 0 Å². The second-order valence-corrected chi connectivity index (χ2v) is 5.06. The third-order valence-electron chi connectivity index (χ3n) is 3.73. The molecule has 0 fully saturated rings. The first-order valence-corrected chi connectivity index (χ1v) is 6.51. The van der Waals surface area contributed by atoms with Gasteiger partial charge in [-0.2, -0.15) is 13.2 Å². The summed E-state index contributed by atoms with van der Waals surface area (Å²) in [6.07, 6.45) is -3.21. The number of carboxylic acid groups (broad SMARTS) is 1. The Labute approximate surface area is 119 Å². The number of carbonyl (C=O) groups is 1. The van der Waals surface area contributed by atoms with E-state index >= 15 is 0 Å². The zero-order valence-corrected chi connectivity index (χ0v) is 11.5. The molecule has 1 aliphatic rings. The van der Waals surface area contributed by atoms with Crippen LogP contribution in [0.1, 0.15) is 24.0 Å². The van der Waals surface area contributed by atoms with Crippen LogP contribution in [0.5, 0.6) is 5.75 Å². The third-order valence-corrected chi connectivity index (χ3v) is 3.73. The Balaban J connectivity index is 2.45. The van der Waals surface area contributed by atoms with E-state index in [1.807, 2.05) is 0 Å². The van der Waals surface area contributed by atoms with Gasteiger partial charge in [0.1, 0.15) is 11.3 Å². The number of carboxylic acids is 1. The zero-order chi connectivity index (χ0) is 15.7. The van der Waals surface area contributed by atoms with Gasteiger partial charge in [-0.1, -0.05) is 6.07 Å². The summed E-state index contributed by atoms with van der Waals surface area (Å²) in [5, 5.41) is 11.7. The van der Waals surface area contributed by atoms with E-state index in [1.54, 1.807) is 12.1 Å². The molecule has 1 aromatic carbocycles. The number of hydrogen-bond acceptors (Lipinski definition) is 3. The summed E-state index contributed by atoms with van der Waals surface area (Å²) in [6.45, 7) is -1.35. The van der Waals surface area contributed by atoms with Gasteiger partial charge in [-0.05, 0) is 42.5 Å². The van der Waals surface area contributed by atoms with Crippen molar-refractivity contribution < 1.29 is 27.8 Å². The van der Waals surface area contributed by atoms with Crippen LogP contribution in [-0.2, 0) is 16.8 Å². The predicted octanol–water partition coefficient (Wildman–Crippen LogP) is 2.46. The van der Waals surface area contributed by atoms with E-state index in [1.165, 1.54) is 13.2 Å². The van der Waals surface area contributed by atoms with Crippen molar-refractivity contribution in [1.29, 1.82) is 0 Å². The maximum Gasteiger partial charge on any atom is 0.401 e. The van der Waals surface area contributed by atoms with Crippen LogP contribution in [0.25, 0.3) is 0 Å². The molecule has 1 aromatic rings. The molecule has 0 aromatic heterocycles. The number of ether oxygens (including phenoxy) is 1. The van der Waals surface area contributed by atoms with E-state index in [4.69, 9.17) is 4.74 Å². The van der Waals surface area contributed by atoms with Crippen LogP contribution >= 0.6 is 0 Å². The highest BCUT2D eigenvalue weighted by molar-refractivity contribution is 5.82. The fraction of sp³-hybridized carbons (Fsp3) is 0.500. The molecule has 0 amide bonds. The van der Waals surface area contributed by atoms with Crippen molar-refractivity contribution in [2.45, 2.75) is 31.0 Å². The fourth-order valence-electron chi connectivity index (χ4n) is 2.71. The van der Waals surface area contributed by atoms with Crippen molar-refractivity contribution in [3.8, 4) is 5.75 Å². The molecule has 1 atom stereocenters. The number of alkyl halides is 3. The van der Waals surface area contributed by atoms with Gasteiger partial charge in [0, 0.05) is 0 Å². The summed E-state index contributed by atoms with van der Waals surface area (Å²) in [5.74, 6) is -0.879. The van der Waals surface area contributed by atoms with Crippen LogP contribution in [0.4, 0.5) is 13.2 Å². The minimum atomic E-state index is -4.47. The molecule has 2 rings (SSSR count). The Kier molecular flexibility index (Phi) is 4.13. The quantitative estimate of drug-likeness (QED) is 0.897. The molecule has 0 heterocycles. The lowest BCUT2D eigenvalue weighted by atomic mass is 9.76. The van der Waals surface area contributed by atoms with Gasteiger partial charge in [0.05, 0.1) is 13.7 Å². The first kappa shape index (κ1) is 15.6. The van der Waals surface area contributed by atoms with Crippen LogP contribution in [0.15, 0.2) is 18.2 Å². The fourth-order valence-corrected chi connectivity index (χ4v) is 2.71. The topological polar surface area (TPSA) is 58.6 Å². The van der Waals surface area contributed by atoms with Crippen molar-refractivity contribution in [2.75, 3.05) is 13.7 Å². The van der Waals surface area contributed by atoms with Gasteiger partial charge in [-0.15, -0.1) is 0 Å². The average Bonchev–Trinajstić information content (AvgIpc) is 2.43. The lowest BCUT2D eigenvalue weighted by molar-refractivity contribution is -0.152. The SMILES string of the molecule is COc1ccc2c(c1)C(NCC(F)(F)F)(C(=O)O)CCC2. The minimum absolute atomic E-state index is 0.110. The number of aliphatic carboxylic acids is 1. The van der Waals surface area contributed by atoms with E-state index in [0.29, 0.717) is 24.2 Å². The van der Waals surface area contributed by atoms with Gasteiger partial charge < -0.3 is 9.84 Å². The maximum absolute atomic E-state index is 12.5. The highest BCUT2D eigenvalue weighted by atomic mass is 19.4. The predicted molar refractivity (Wildman–Crippen MR) is 69.3 cm³/mol. The molecule has 116 valence electrons. The Hall–Kier alpha value is -1.76. The monoisotopic (exact) mass is 303 g/mol. The van der Waals surface area contributed by atoms with Crippen LogP contribution in [0, 0.1) is 0 Å². The summed E-state index contributed by atoms with van der Waals surface area (Å²) in [6, 6.07) is 4.90. The van der Waals surface area contributed by atoms with E-state index in [-0.39, 0.29) is 6.42 Å². The van der Waals surface area contributed by atoms with E-state index < -0.39 is 24.2 Å². The largest absolute Gasteiger partial charge is 0.497 e. The van der Waals surface area contributed by atoms with Crippen molar-refractivity contribution in [1.82, 2.24) is 5.32 Å². The van der Waals surface area contributed by atoms with Crippen LogP contribution in [0.3, 0.4) is 0 Å². The summed E-state index contributed by atoms with van der Waals surface area (Å²) in [4.78, 5) is 11.7. The molecule has 21 heavy (non-hydrogen) atoms. The maximum atomic E-state index is 12.5. The first-order chi connectivity index (χ1) is 9.78. The zero-order valence-electron chi connectivity index (χ0n) is 11.5. The molecule has 4 nitrogen and oxygen atoms in total. The van der Waals surface area contributed by atoms with Crippen LogP contribution in [-0.4, -0.2) is 30.9 Å². The normalized spacial score (nSPS) is 21.7.